The average molecular weight is 247 g/mol. The Morgan fingerprint density at radius 1 is 1.73 bits per heavy atom. The third kappa shape index (κ3) is 2.82. The second kappa shape index (κ2) is 5.32. The van der Waals surface area contributed by atoms with Crippen LogP contribution < -0.4 is 5.32 Å². The molecule has 0 spiro atoms. The van der Waals surface area contributed by atoms with E-state index in [-0.39, 0.29) is 0 Å². The SMILES string of the molecule is CCn1ncc(Cl)c1CN(C)C(=S)NC. The number of hydrogen-bond donors (Lipinski definition) is 1. The number of rotatable bonds is 3. The summed E-state index contributed by atoms with van der Waals surface area (Å²) in [7, 11) is 3.72. The van der Waals surface area contributed by atoms with Crippen molar-refractivity contribution >= 4 is 28.9 Å². The second-order valence-electron chi connectivity index (χ2n) is 3.17. The summed E-state index contributed by atoms with van der Waals surface area (Å²) < 4.78 is 1.87. The number of halogens is 1. The van der Waals surface area contributed by atoms with Crippen molar-refractivity contribution in [2.24, 2.45) is 0 Å². The van der Waals surface area contributed by atoms with Gasteiger partial charge in [-0.3, -0.25) is 4.68 Å². The van der Waals surface area contributed by atoms with Crippen LogP contribution in [0, 0.1) is 0 Å². The van der Waals surface area contributed by atoms with Crippen molar-refractivity contribution in [3.8, 4) is 0 Å². The van der Waals surface area contributed by atoms with Gasteiger partial charge in [0.05, 0.1) is 23.5 Å². The summed E-state index contributed by atoms with van der Waals surface area (Å²) in [6.45, 7) is 3.50. The summed E-state index contributed by atoms with van der Waals surface area (Å²) in [6, 6.07) is 0. The summed E-state index contributed by atoms with van der Waals surface area (Å²) in [5, 5.41) is 8.46. The molecule has 0 bridgehead atoms. The van der Waals surface area contributed by atoms with E-state index in [2.05, 4.69) is 10.4 Å². The van der Waals surface area contributed by atoms with Crippen LogP contribution in [0.4, 0.5) is 0 Å². The molecule has 1 aromatic heterocycles. The quantitative estimate of drug-likeness (QED) is 0.820. The monoisotopic (exact) mass is 246 g/mol. The lowest BCUT2D eigenvalue weighted by Crippen LogP contribution is -2.34. The highest BCUT2D eigenvalue weighted by molar-refractivity contribution is 7.80. The molecule has 1 N–H and O–H groups in total. The first-order chi connectivity index (χ1) is 7.10. The van der Waals surface area contributed by atoms with Crippen molar-refractivity contribution in [1.29, 1.82) is 0 Å². The summed E-state index contributed by atoms with van der Waals surface area (Å²) in [6.07, 6.45) is 1.66. The van der Waals surface area contributed by atoms with Crippen LogP contribution in [0.2, 0.25) is 5.02 Å². The molecule has 0 aliphatic heterocycles. The van der Waals surface area contributed by atoms with Crippen molar-refractivity contribution < 1.29 is 0 Å². The molecule has 0 radical (unpaired) electrons. The smallest absolute Gasteiger partial charge is 0.168 e. The van der Waals surface area contributed by atoms with Gasteiger partial charge in [0.1, 0.15) is 0 Å². The maximum absolute atomic E-state index is 6.04. The third-order valence-electron chi connectivity index (χ3n) is 2.14. The number of aryl methyl sites for hydroxylation is 1. The molecule has 15 heavy (non-hydrogen) atoms. The van der Waals surface area contributed by atoms with Crippen LogP contribution in [-0.4, -0.2) is 33.9 Å². The fourth-order valence-corrected chi connectivity index (χ4v) is 1.57. The van der Waals surface area contributed by atoms with E-state index in [1.54, 1.807) is 13.2 Å². The zero-order valence-electron chi connectivity index (χ0n) is 9.12. The van der Waals surface area contributed by atoms with Gasteiger partial charge in [-0.05, 0) is 19.1 Å². The molecule has 0 saturated heterocycles. The number of nitrogens with zero attached hydrogens (tertiary/aromatic N) is 3. The van der Waals surface area contributed by atoms with Gasteiger partial charge >= 0.3 is 0 Å². The molecular weight excluding hydrogens is 232 g/mol. The van der Waals surface area contributed by atoms with Gasteiger partial charge in [0.15, 0.2) is 5.11 Å². The lowest BCUT2D eigenvalue weighted by Gasteiger charge is -2.19. The predicted molar refractivity (Wildman–Crippen MR) is 66.0 cm³/mol. The highest BCUT2D eigenvalue weighted by Crippen LogP contribution is 2.16. The topological polar surface area (TPSA) is 33.1 Å². The van der Waals surface area contributed by atoms with Crippen LogP contribution >= 0.6 is 23.8 Å². The minimum absolute atomic E-state index is 0.659. The first-order valence-corrected chi connectivity index (χ1v) is 5.51. The molecule has 0 saturated carbocycles. The van der Waals surface area contributed by atoms with Crippen molar-refractivity contribution in [3.05, 3.63) is 16.9 Å². The van der Waals surface area contributed by atoms with Crippen LogP contribution in [-0.2, 0) is 13.1 Å². The van der Waals surface area contributed by atoms with E-state index < -0.39 is 0 Å². The van der Waals surface area contributed by atoms with Crippen molar-refractivity contribution in [2.45, 2.75) is 20.0 Å². The van der Waals surface area contributed by atoms with Gasteiger partial charge in [-0.15, -0.1) is 0 Å². The zero-order chi connectivity index (χ0) is 11.4. The van der Waals surface area contributed by atoms with Gasteiger partial charge in [-0.1, -0.05) is 11.6 Å². The fraction of sp³-hybridized carbons (Fsp3) is 0.556. The zero-order valence-corrected chi connectivity index (χ0v) is 10.7. The number of thiocarbonyl (C=S) groups is 1. The van der Waals surface area contributed by atoms with Gasteiger partial charge in [-0.2, -0.15) is 5.10 Å². The molecule has 1 heterocycles. The Hall–Kier alpha value is -0.810. The first kappa shape index (κ1) is 12.3. The number of hydrogen-bond acceptors (Lipinski definition) is 2. The fourth-order valence-electron chi connectivity index (χ4n) is 1.30. The van der Waals surface area contributed by atoms with Gasteiger partial charge in [0.2, 0.25) is 0 Å². The Morgan fingerprint density at radius 3 is 2.93 bits per heavy atom. The van der Waals surface area contributed by atoms with E-state index in [1.807, 2.05) is 23.6 Å². The maximum atomic E-state index is 6.04. The van der Waals surface area contributed by atoms with Crippen molar-refractivity contribution in [3.63, 3.8) is 0 Å². The summed E-state index contributed by atoms with van der Waals surface area (Å²) in [5.41, 5.74) is 0.985. The Balaban J connectivity index is 2.79. The normalized spacial score (nSPS) is 10.1. The molecule has 0 aliphatic carbocycles. The van der Waals surface area contributed by atoms with E-state index in [0.29, 0.717) is 16.7 Å². The maximum Gasteiger partial charge on any atom is 0.168 e. The van der Waals surface area contributed by atoms with E-state index >= 15 is 0 Å². The minimum Gasteiger partial charge on any atom is -0.366 e. The molecule has 0 aromatic carbocycles. The minimum atomic E-state index is 0.659. The van der Waals surface area contributed by atoms with E-state index in [1.165, 1.54) is 0 Å². The van der Waals surface area contributed by atoms with Gasteiger partial charge < -0.3 is 10.2 Å². The average Bonchev–Trinajstić information content (AvgIpc) is 2.59. The third-order valence-corrected chi connectivity index (χ3v) is 2.98. The molecule has 0 unspecified atom stereocenters. The lowest BCUT2D eigenvalue weighted by atomic mass is 10.4. The standard InChI is InChI=1S/C9H15ClN4S/c1-4-14-8(7(10)5-12-14)6-13(3)9(15)11-2/h5H,4,6H2,1-3H3,(H,11,15). The van der Waals surface area contributed by atoms with Gasteiger partial charge in [-0.25, -0.2) is 0 Å². The molecule has 0 amide bonds. The Morgan fingerprint density at radius 2 is 2.40 bits per heavy atom. The van der Waals surface area contributed by atoms with Crippen LogP contribution in [0.1, 0.15) is 12.6 Å². The van der Waals surface area contributed by atoms with E-state index in [9.17, 15) is 0 Å². The van der Waals surface area contributed by atoms with Crippen LogP contribution in [0.3, 0.4) is 0 Å². The number of aromatic nitrogens is 2. The Kier molecular flexibility index (Phi) is 4.35. The summed E-state index contributed by atoms with van der Waals surface area (Å²) in [5.74, 6) is 0. The molecule has 0 fully saturated rings. The highest BCUT2D eigenvalue weighted by atomic mass is 35.5. The van der Waals surface area contributed by atoms with E-state index in [4.69, 9.17) is 23.8 Å². The number of nitrogens with one attached hydrogen (secondary N) is 1. The molecule has 1 rings (SSSR count). The van der Waals surface area contributed by atoms with Crippen molar-refractivity contribution in [1.82, 2.24) is 20.0 Å². The molecule has 0 aliphatic rings. The molecule has 84 valence electrons. The van der Waals surface area contributed by atoms with Crippen LogP contribution in [0.25, 0.3) is 0 Å². The predicted octanol–water partition coefficient (Wildman–Crippen LogP) is 1.49. The highest BCUT2D eigenvalue weighted by Gasteiger charge is 2.11. The Labute approximate surface area is 100 Å². The van der Waals surface area contributed by atoms with Gasteiger partial charge in [0, 0.05) is 20.6 Å². The second-order valence-corrected chi connectivity index (χ2v) is 3.96. The largest absolute Gasteiger partial charge is 0.366 e. The molecule has 0 atom stereocenters. The summed E-state index contributed by atoms with van der Waals surface area (Å²) >= 11 is 11.2. The van der Waals surface area contributed by atoms with Gasteiger partial charge in [0.25, 0.3) is 0 Å². The molecular formula is C9H15ClN4S. The summed E-state index contributed by atoms with van der Waals surface area (Å²) in [4.78, 5) is 1.92. The molecule has 6 heteroatoms. The molecule has 4 nitrogen and oxygen atoms in total. The molecule has 1 aromatic rings. The van der Waals surface area contributed by atoms with Crippen LogP contribution in [0.5, 0.6) is 0 Å². The lowest BCUT2D eigenvalue weighted by molar-refractivity contribution is 0.461. The van der Waals surface area contributed by atoms with E-state index in [0.717, 1.165) is 12.2 Å². The first-order valence-electron chi connectivity index (χ1n) is 4.73. The van der Waals surface area contributed by atoms with Crippen LogP contribution in [0.15, 0.2) is 6.20 Å². The Bertz CT molecular complexity index is 350. The van der Waals surface area contributed by atoms with Crippen molar-refractivity contribution in [2.75, 3.05) is 14.1 Å².